The van der Waals surface area contributed by atoms with Crippen LogP contribution in [0.4, 0.5) is 19.1 Å². The summed E-state index contributed by atoms with van der Waals surface area (Å²) in [4.78, 5) is 8.95. The molecule has 1 aromatic heterocycles. The van der Waals surface area contributed by atoms with Crippen LogP contribution in [0.2, 0.25) is 0 Å². The second-order valence-corrected chi connectivity index (χ2v) is 3.78. The third-order valence-electron chi connectivity index (χ3n) is 2.19. The molecule has 0 saturated heterocycles. The number of anilines is 1. The van der Waals surface area contributed by atoms with Crippen molar-refractivity contribution in [2.24, 2.45) is 0 Å². The van der Waals surface area contributed by atoms with Gasteiger partial charge < -0.3 is 10.2 Å². The fraction of sp³-hybridized carbons (Fsp3) is 0.600. The SMILES string of the molecule is CNCc1cnc(N(C)CC(F)(F)F)nc1C. The van der Waals surface area contributed by atoms with Gasteiger partial charge in [-0.15, -0.1) is 0 Å². The van der Waals surface area contributed by atoms with E-state index in [0.29, 0.717) is 12.2 Å². The molecule has 0 aliphatic rings. The molecule has 17 heavy (non-hydrogen) atoms. The van der Waals surface area contributed by atoms with Crippen LogP contribution in [0.15, 0.2) is 6.20 Å². The average molecular weight is 248 g/mol. The number of alkyl halides is 3. The van der Waals surface area contributed by atoms with Gasteiger partial charge in [-0.05, 0) is 14.0 Å². The number of aryl methyl sites for hydroxylation is 1. The zero-order chi connectivity index (χ0) is 13.1. The Labute approximate surface area is 97.9 Å². The van der Waals surface area contributed by atoms with Crippen molar-refractivity contribution >= 4 is 5.95 Å². The molecule has 0 saturated carbocycles. The lowest BCUT2D eigenvalue weighted by atomic mass is 10.2. The third-order valence-corrected chi connectivity index (χ3v) is 2.19. The van der Waals surface area contributed by atoms with Crippen LogP contribution >= 0.6 is 0 Å². The highest BCUT2D eigenvalue weighted by Gasteiger charge is 2.30. The Hall–Kier alpha value is -1.37. The van der Waals surface area contributed by atoms with Crippen molar-refractivity contribution in [2.45, 2.75) is 19.6 Å². The molecular weight excluding hydrogens is 233 g/mol. The molecule has 0 atom stereocenters. The first kappa shape index (κ1) is 13.7. The summed E-state index contributed by atoms with van der Waals surface area (Å²) >= 11 is 0. The number of rotatable bonds is 4. The Balaban J connectivity index is 2.82. The van der Waals surface area contributed by atoms with Crippen molar-refractivity contribution < 1.29 is 13.2 Å². The predicted molar refractivity (Wildman–Crippen MR) is 58.9 cm³/mol. The molecular formula is C10H15F3N4. The summed E-state index contributed by atoms with van der Waals surface area (Å²) < 4.78 is 36.6. The largest absolute Gasteiger partial charge is 0.406 e. The molecule has 7 heteroatoms. The topological polar surface area (TPSA) is 41.1 Å². The van der Waals surface area contributed by atoms with Gasteiger partial charge in [0.05, 0.1) is 0 Å². The molecule has 4 nitrogen and oxygen atoms in total. The molecule has 1 aromatic rings. The fourth-order valence-electron chi connectivity index (χ4n) is 1.37. The summed E-state index contributed by atoms with van der Waals surface area (Å²) in [6.07, 6.45) is -2.71. The van der Waals surface area contributed by atoms with E-state index in [1.54, 1.807) is 20.2 Å². The van der Waals surface area contributed by atoms with Gasteiger partial charge in [-0.3, -0.25) is 0 Å². The molecule has 0 spiro atoms. The molecule has 0 aliphatic carbocycles. The van der Waals surface area contributed by atoms with Gasteiger partial charge in [-0.2, -0.15) is 13.2 Å². The van der Waals surface area contributed by atoms with Gasteiger partial charge in [-0.1, -0.05) is 0 Å². The highest BCUT2D eigenvalue weighted by atomic mass is 19.4. The smallest absolute Gasteiger partial charge is 0.335 e. The van der Waals surface area contributed by atoms with E-state index in [1.807, 2.05) is 0 Å². The maximum absolute atomic E-state index is 12.2. The molecule has 1 N–H and O–H groups in total. The lowest BCUT2D eigenvalue weighted by molar-refractivity contribution is -0.119. The molecule has 1 rings (SSSR count). The first-order valence-corrected chi connectivity index (χ1v) is 5.08. The minimum Gasteiger partial charge on any atom is -0.335 e. The molecule has 0 radical (unpaired) electrons. The number of nitrogens with zero attached hydrogens (tertiary/aromatic N) is 3. The van der Waals surface area contributed by atoms with E-state index in [2.05, 4.69) is 15.3 Å². The minimum absolute atomic E-state index is 0.0830. The summed E-state index contributed by atoms with van der Waals surface area (Å²) in [5, 5.41) is 2.94. The van der Waals surface area contributed by atoms with Gasteiger partial charge in [0.2, 0.25) is 5.95 Å². The van der Waals surface area contributed by atoms with Crippen LogP contribution in [-0.2, 0) is 6.54 Å². The number of nitrogens with one attached hydrogen (secondary N) is 1. The van der Waals surface area contributed by atoms with Gasteiger partial charge in [0.1, 0.15) is 6.54 Å². The zero-order valence-corrected chi connectivity index (χ0v) is 9.97. The van der Waals surface area contributed by atoms with Crippen molar-refractivity contribution in [2.75, 3.05) is 25.5 Å². The fourth-order valence-corrected chi connectivity index (χ4v) is 1.37. The predicted octanol–water partition coefficient (Wildman–Crippen LogP) is 1.50. The standard InChI is InChI=1S/C10H15F3N4/c1-7-8(4-14-2)5-15-9(16-7)17(3)6-10(11,12)13/h5,14H,4,6H2,1-3H3. The Morgan fingerprint density at radius 1 is 1.41 bits per heavy atom. The first-order valence-electron chi connectivity index (χ1n) is 5.08. The van der Waals surface area contributed by atoms with E-state index in [9.17, 15) is 13.2 Å². The molecule has 0 amide bonds. The Morgan fingerprint density at radius 2 is 2.06 bits per heavy atom. The van der Waals surface area contributed by atoms with Crippen LogP contribution in [0.3, 0.4) is 0 Å². The van der Waals surface area contributed by atoms with Gasteiger partial charge in [0.15, 0.2) is 0 Å². The quantitative estimate of drug-likeness (QED) is 0.876. The van der Waals surface area contributed by atoms with Crippen LogP contribution in [0.5, 0.6) is 0 Å². The Bertz CT molecular complexity index is 378. The van der Waals surface area contributed by atoms with E-state index >= 15 is 0 Å². The second-order valence-electron chi connectivity index (χ2n) is 3.78. The summed E-state index contributed by atoms with van der Waals surface area (Å²) in [6.45, 7) is 1.28. The van der Waals surface area contributed by atoms with Crippen LogP contribution in [0.1, 0.15) is 11.3 Å². The normalized spacial score (nSPS) is 11.6. The van der Waals surface area contributed by atoms with Crippen molar-refractivity contribution in [1.29, 1.82) is 0 Å². The lowest BCUT2D eigenvalue weighted by Gasteiger charge is -2.19. The maximum atomic E-state index is 12.2. The summed E-state index contributed by atoms with van der Waals surface area (Å²) in [5.74, 6) is 0.0830. The van der Waals surface area contributed by atoms with E-state index in [0.717, 1.165) is 10.5 Å². The van der Waals surface area contributed by atoms with Gasteiger partial charge in [0, 0.05) is 31.0 Å². The van der Waals surface area contributed by atoms with Crippen LogP contribution < -0.4 is 10.2 Å². The van der Waals surface area contributed by atoms with Crippen molar-refractivity contribution in [3.63, 3.8) is 0 Å². The van der Waals surface area contributed by atoms with Crippen LogP contribution in [0, 0.1) is 6.92 Å². The van der Waals surface area contributed by atoms with Gasteiger partial charge >= 0.3 is 6.18 Å². The maximum Gasteiger partial charge on any atom is 0.406 e. The number of hydrogen-bond acceptors (Lipinski definition) is 4. The summed E-state index contributed by atoms with van der Waals surface area (Å²) in [6, 6.07) is 0. The van der Waals surface area contributed by atoms with Crippen molar-refractivity contribution in [3.05, 3.63) is 17.5 Å². The molecule has 1 heterocycles. The Kier molecular flexibility index (Phi) is 4.28. The van der Waals surface area contributed by atoms with Crippen LogP contribution in [-0.4, -0.2) is 36.8 Å². The molecule has 96 valence electrons. The molecule has 0 bridgehead atoms. The van der Waals surface area contributed by atoms with Crippen molar-refractivity contribution in [1.82, 2.24) is 15.3 Å². The number of hydrogen-bond donors (Lipinski definition) is 1. The minimum atomic E-state index is -4.25. The van der Waals surface area contributed by atoms with Crippen LogP contribution in [0.25, 0.3) is 0 Å². The lowest BCUT2D eigenvalue weighted by Crippen LogP contribution is -2.32. The third kappa shape index (κ3) is 4.18. The van der Waals surface area contributed by atoms with E-state index in [-0.39, 0.29) is 5.95 Å². The Morgan fingerprint density at radius 3 is 2.53 bits per heavy atom. The monoisotopic (exact) mass is 248 g/mol. The molecule has 0 fully saturated rings. The van der Waals surface area contributed by atoms with E-state index in [4.69, 9.17) is 0 Å². The van der Waals surface area contributed by atoms with Gasteiger partial charge in [-0.25, -0.2) is 9.97 Å². The molecule has 0 aromatic carbocycles. The second kappa shape index (κ2) is 5.31. The van der Waals surface area contributed by atoms with E-state index < -0.39 is 12.7 Å². The highest BCUT2D eigenvalue weighted by molar-refractivity contribution is 5.32. The average Bonchev–Trinajstić information content (AvgIpc) is 2.18. The molecule has 0 aliphatic heterocycles. The summed E-state index contributed by atoms with van der Waals surface area (Å²) in [5.41, 5.74) is 1.55. The summed E-state index contributed by atoms with van der Waals surface area (Å²) in [7, 11) is 3.10. The number of aromatic nitrogens is 2. The zero-order valence-electron chi connectivity index (χ0n) is 9.97. The first-order chi connectivity index (χ1) is 7.83. The van der Waals surface area contributed by atoms with Crippen molar-refractivity contribution in [3.8, 4) is 0 Å². The number of halogens is 3. The van der Waals surface area contributed by atoms with Gasteiger partial charge in [0.25, 0.3) is 0 Å². The highest BCUT2D eigenvalue weighted by Crippen LogP contribution is 2.18. The van der Waals surface area contributed by atoms with E-state index in [1.165, 1.54) is 7.05 Å². The molecule has 0 unspecified atom stereocenters.